The van der Waals surface area contributed by atoms with Crippen molar-refractivity contribution in [2.45, 2.75) is 33.3 Å². The molecule has 0 unspecified atom stereocenters. The fourth-order valence-electron chi connectivity index (χ4n) is 2.83. The molecule has 7 nitrogen and oxygen atoms in total. The zero-order chi connectivity index (χ0) is 21.2. The second-order valence-electron chi connectivity index (χ2n) is 7.83. The van der Waals surface area contributed by atoms with E-state index in [2.05, 4.69) is 5.10 Å². The maximum Gasteiger partial charge on any atom is 0.326 e. The first-order valence-corrected chi connectivity index (χ1v) is 9.33. The highest BCUT2D eigenvalue weighted by Crippen LogP contribution is 2.26. The lowest BCUT2D eigenvalue weighted by Gasteiger charge is -2.22. The predicted octanol–water partition coefficient (Wildman–Crippen LogP) is 3.85. The van der Waals surface area contributed by atoms with Crippen molar-refractivity contribution in [2.24, 2.45) is 0 Å². The van der Waals surface area contributed by atoms with E-state index in [0.717, 1.165) is 11.4 Å². The van der Waals surface area contributed by atoms with Gasteiger partial charge in [-0.15, -0.1) is 0 Å². The third kappa shape index (κ3) is 4.93. The van der Waals surface area contributed by atoms with Gasteiger partial charge in [-0.1, -0.05) is 18.2 Å². The van der Waals surface area contributed by atoms with Gasteiger partial charge in [-0.2, -0.15) is 5.10 Å². The normalized spacial score (nSPS) is 11.3. The van der Waals surface area contributed by atoms with Gasteiger partial charge in [0.1, 0.15) is 23.6 Å². The highest BCUT2D eigenvalue weighted by atomic mass is 16.6. The van der Waals surface area contributed by atoms with Crippen LogP contribution in [-0.4, -0.2) is 45.8 Å². The molecule has 0 aliphatic rings. The van der Waals surface area contributed by atoms with Gasteiger partial charge in [-0.3, -0.25) is 9.59 Å². The number of hydrogen-bond acceptors (Lipinski definition) is 5. The Bertz CT molecular complexity index is 1010. The highest BCUT2D eigenvalue weighted by Gasteiger charge is 2.26. The molecule has 7 heteroatoms. The Kier molecular flexibility index (Phi) is 5.59. The van der Waals surface area contributed by atoms with E-state index in [0.29, 0.717) is 17.0 Å². The lowest BCUT2D eigenvalue weighted by Crippen LogP contribution is -2.36. The molecule has 0 fully saturated rings. The second kappa shape index (κ2) is 7.95. The summed E-state index contributed by atoms with van der Waals surface area (Å²) in [5.41, 5.74) is 0.957. The molecular formula is C22H25N3O4. The van der Waals surface area contributed by atoms with Crippen molar-refractivity contribution in [1.29, 1.82) is 0 Å². The van der Waals surface area contributed by atoms with Crippen LogP contribution in [0.2, 0.25) is 0 Å². The Hall–Kier alpha value is -3.35. The minimum Gasteiger partial charge on any atom is -0.460 e. The molecule has 3 rings (SSSR count). The van der Waals surface area contributed by atoms with E-state index >= 15 is 0 Å². The zero-order valence-electron chi connectivity index (χ0n) is 17.3. The summed E-state index contributed by atoms with van der Waals surface area (Å²) in [6.45, 7) is 7.02. The lowest BCUT2D eigenvalue weighted by atomic mass is 10.2. The molecule has 152 valence electrons. The number of carbonyl (C=O) groups is 2. The fraction of sp³-hybridized carbons (Fsp3) is 0.318. The molecule has 0 radical (unpaired) electrons. The third-order valence-corrected chi connectivity index (χ3v) is 4.07. The van der Waals surface area contributed by atoms with Gasteiger partial charge in [-0.25, -0.2) is 4.68 Å². The van der Waals surface area contributed by atoms with Gasteiger partial charge in [0, 0.05) is 13.2 Å². The van der Waals surface area contributed by atoms with E-state index in [-0.39, 0.29) is 12.5 Å². The molecule has 0 N–H and O–H groups in total. The van der Waals surface area contributed by atoms with Crippen molar-refractivity contribution < 1.29 is 18.7 Å². The molecular weight excluding hydrogens is 370 g/mol. The summed E-state index contributed by atoms with van der Waals surface area (Å²) in [7, 11) is 1.56. The molecule has 0 aliphatic heterocycles. The van der Waals surface area contributed by atoms with Gasteiger partial charge in [0.25, 0.3) is 5.91 Å². The van der Waals surface area contributed by atoms with Crippen molar-refractivity contribution in [2.75, 3.05) is 13.6 Å². The minimum absolute atomic E-state index is 0.163. The molecule has 0 aliphatic carbocycles. The number of furan rings is 1. The molecule has 0 saturated carbocycles. The summed E-state index contributed by atoms with van der Waals surface area (Å²) in [5.74, 6) is 0.391. The molecule has 29 heavy (non-hydrogen) atoms. The van der Waals surface area contributed by atoms with E-state index in [1.54, 1.807) is 44.8 Å². The van der Waals surface area contributed by atoms with Gasteiger partial charge in [0.05, 0.1) is 11.3 Å². The lowest BCUT2D eigenvalue weighted by molar-refractivity contribution is -0.155. The second-order valence-corrected chi connectivity index (χ2v) is 7.83. The number of carbonyl (C=O) groups excluding carboxylic acids is 2. The molecule has 0 saturated heterocycles. The average Bonchev–Trinajstić information content (AvgIpc) is 3.26. The predicted molar refractivity (Wildman–Crippen MR) is 109 cm³/mol. The van der Waals surface area contributed by atoms with Crippen LogP contribution in [0.15, 0.2) is 53.1 Å². The van der Waals surface area contributed by atoms with Crippen LogP contribution < -0.4 is 0 Å². The van der Waals surface area contributed by atoms with Crippen LogP contribution in [0.4, 0.5) is 0 Å². The van der Waals surface area contributed by atoms with Crippen molar-refractivity contribution in [3.8, 4) is 17.1 Å². The molecule has 0 bridgehead atoms. The Morgan fingerprint density at radius 2 is 1.83 bits per heavy atom. The fourth-order valence-corrected chi connectivity index (χ4v) is 2.83. The van der Waals surface area contributed by atoms with E-state index in [1.807, 2.05) is 43.3 Å². The van der Waals surface area contributed by atoms with E-state index in [9.17, 15) is 9.59 Å². The van der Waals surface area contributed by atoms with Crippen molar-refractivity contribution >= 4 is 11.9 Å². The highest BCUT2D eigenvalue weighted by molar-refractivity contribution is 6.00. The molecule has 0 atom stereocenters. The maximum atomic E-state index is 13.1. The van der Waals surface area contributed by atoms with Gasteiger partial charge in [0.2, 0.25) is 0 Å². The minimum atomic E-state index is -0.615. The number of rotatable bonds is 5. The van der Waals surface area contributed by atoms with E-state index in [1.165, 1.54) is 4.90 Å². The SMILES string of the molecule is Cc1ccc(-c2nn(-c3ccccc3)cc2C(=O)N(C)CC(=O)OC(C)(C)C)o1. The smallest absolute Gasteiger partial charge is 0.326 e. The molecule has 2 aromatic heterocycles. The van der Waals surface area contributed by atoms with Gasteiger partial charge in [0.15, 0.2) is 5.76 Å². The Balaban J connectivity index is 1.93. The summed E-state index contributed by atoms with van der Waals surface area (Å²) >= 11 is 0. The molecule has 3 aromatic rings. The standard InChI is InChI=1S/C22H25N3O4/c1-15-11-12-18(28-15)20-17(13-25(23-20)16-9-7-6-8-10-16)21(27)24(5)14-19(26)29-22(2,3)4/h6-13H,14H2,1-5H3. The Morgan fingerprint density at radius 1 is 1.14 bits per heavy atom. The average molecular weight is 395 g/mol. The topological polar surface area (TPSA) is 77.6 Å². The zero-order valence-corrected chi connectivity index (χ0v) is 17.3. The summed E-state index contributed by atoms with van der Waals surface area (Å²) < 4.78 is 12.6. The van der Waals surface area contributed by atoms with Gasteiger partial charge < -0.3 is 14.1 Å². The molecule has 2 heterocycles. The Morgan fingerprint density at radius 3 is 2.41 bits per heavy atom. The number of para-hydroxylation sites is 1. The number of ether oxygens (including phenoxy) is 1. The monoisotopic (exact) mass is 395 g/mol. The van der Waals surface area contributed by atoms with Crippen LogP contribution in [0.25, 0.3) is 17.1 Å². The quantitative estimate of drug-likeness (QED) is 0.613. The first-order valence-electron chi connectivity index (χ1n) is 9.33. The van der Waals surface area contributed by atoms with Crippen LogP contribution in [-0.2, 0) is 9.53 Å². The number of aryl methyl sites for hydroxylation is 1. The summed E-state index contributed by atoms with van der Waals surface area (Å²) in [4.78, 5) is 26.6. The number of aromatic nitrogens is 2. The van der Waals surface area contributed by atoms with E-state index in [4.69, 9.17) is 9.15 Å². The van der Waals surface area contributed by atoms with Crippen molar-refractivity contribution in [1.82, 2.24) is 14.7 Å². The van der Waals surface area contributed by atoms with Crippen LogP contribution >= 0.6 is 0 Å². The van der Waals surface area contributed by atoms with Crippen molar-refractivity contribution in [3.63, 3.8) is 0 Å². The number of amides is 1. The van der Waals surface area contributed by atoms with Gasteiger partial charge in [-0.05, 0) is 52.0 Å². The van der Waals surface area contributed by atoms with E-state index < -0.39 is 11.6 Å². The molecule has 0 spiro atoms. The molecule has 1 aromatic carbocycles. The summed E-state index contributed by atoms with van der Waals surface area (Å²) in [6, 6.07) is 13.1. The maximum absolute atomic E-state index is 13.1. The first-order chi connectivity index (χ1) is 13.6. The number of hydrogen-bond donors (Lipinski definition) is 0. The van der Waals surface area contributed by atoms with Crippen molar-refractivity contribution in [3.05, 3.63) is 60.0 Å². The number of benzene rings is 1. The summed E-state index contributed by atoms with van der Waals surface area (Å²) in [6.07, 6.45) is 1.65. The van der Waals surface area contributed by atoms with Gasteiger partial charge >= 0.3 is 5.97 Å². The van der Waals surface area contributed by atoms with Crippen LogP contribution in [0.3, 0.4) is 0 Å². The number of nitrogens with zero attached hydrogens (tertiary/aromatic N) is 3. The van der Waals surface area contributed by atoms with Crippen LogP contribution in [0.1, 0.15) is 36.9 Å². The van der Waals surface area contributed by atoms with Crippen LogP contribution in [0, 0.1) is 6.92 Å². The number of esters is 1. The summed E-state index contributed by atoms with van der Waals surface area (Å²) in [5, 5.41) is 4.57. The third-order valence-electron chi connectivity index (χ3n) is 4.07. The Labute approximate surface area is 169 Å². The molecule has 1 amide bonds. The largest absolute Gasteiger partial charge is 0.460 e. The van der Waals surface area contributed by atoms with Crippen LogP contribution in [0.5, 0.6) is 0 Å². The first kappa shape index (κ1) is 20.4. The number of likely N-dealkylation sites (N-methyl/N-ethyl adjacent to an activating group) is 1.